The van der Waals surface area contributed by atoms with E-state index in [0.29, 0.717) is 43.9 Å². The van der Waals surface area contributed by atoms with Crippen LogP contribution in [0.5, 0.6) is 0 Å². The number of hydrogen-bond acceptors (Lipinski definition) is 6. The normalized spacial score (nSPS) is 34.9. The molecule has 31 heavy (non-hydrogen) atoms. The number of hydrogen-bond donors (Lipinski definition) is 1. The molecule has 1 aromatic rings. The van der Waals surface area contributed by atoms with Crippen LogP contribution in [0.1, 0.15) is 23.2 Å². The lowest BCUT2D eigenvalue weighted by Crippen LogP contribution is -2.67. The van der Waals surface area contributed by atoms with E-state index < -0.39 is 23.1 Å². The Hall–Kier alpha value is -2.94. The predicted molar refractivity (Wildman–Crippen MR) is 110 cm³/mol. The molecular weight excluding hydrogens is 398 g/mol. The molecule has 1 aromatic heterocycles. The summed E-state index contributed by atoms with van der Waals surface area (Å²) >= 11 is 0. The Balaban J connectivity index is 1.22. The number of amides is 3. The van der Waals surface area contributed by atoms with Gasteiger partial charge in [-0.05, 0) is 12.1 Å². The predicted octanol–water partition coefficient (Wildman–Crippen LogP) is -0.00830. The first-order valence-corrected chi connectivity index (χ1v) is 10.8. The van der Waals surface area contributed by atoms with Crippen LogP contribution in [0.3, 0.4) is 0 Å². The largest absolute Gasteiger partial charge is 0.360 e. The van der Waals surface area contributed by atoms with Crippen molar-refractivity contribution < 1.29 is 19.1 Å². The Morgan fingerprint density at radius 2 is 2.03 bits per heavy atom. The molecule has 1 N–H and O–H groups in total. The van der Waals surface area contributed by atoms with Crippen molar-refractivity contribution in [1.29, 1.82) is 0 Å². The molecule has 0 saturated carbocycles. The monoisotopic (exact) mass is 423 g/mol. The van der Waals surface area contributed by atoms with Crippen molar-refractivity contribution in [3.63, 3.8) is 0 Å². The van der Waals surface area contributed by atoms with Crippen LogP contribution >= 0.6 is 0 Å². The van der Waals surface area contributed by atoms with E-state index in [1.165, 1.54) is 0 Å². The van der Waals surface area contributed by atoms with Crippen molar-refractivity contribution in [3.8, 4) is 0 Å². The highest BCUT2D eigenvalue weighted by Gasteiger charge is 2.66. The highest BCUT2D eigenvalue weighted by atomic mass is 16.5. The van der Waals surface area contributed by atoms with Gasteiger partial charge >= 0.3 is 0 Å². The quantitative estimate of drug-likeness (QED) is 0.639. The number of rotatable bonds is 1. The average molecular weight is 423 g/mol. The summed E-state index contributed by atoms with van der Waals surface area (Å²) in [6.07, 6.45) is 6.45. The molecule has 2 bridgehead atoms. The second kappa shape index (κ2) is 6.06. The molecule has 6 heterocycles. The molecule has 6 rings (SSSR count). The second-order valence-corrected chi connectivity index (χ2v) is 9.34. The standard InChI is InChI=1S/C22H25N5O4/c1-25-12-21-6-5-14(31-21)15(16(21)20(25)30)19(29)27-10-7-22(8-11-27)24-18(28)13-4-3-9-23-17(13)26(22)2/h3-6,9,14-16H,7-8,10-12H2,1-2H3,(H,24,28)/t14-,15-,16+,21+/m0/s1. The summed E-state index contributed by atoms with van der Waals surface area (Å²) in [5.41, 5.74) is -0.652. The first-order valence-electron chi connectivity index (χ1n) is 10.8. The number of likely N-dealkylation sites (tertiary alicyclic amines) is 2. The van der Waals surface area contributed by atoms with Gasteiger partial charge in [0.1, 0.15) is 17.1 Å². The summed E-state index contributed by atoms with van der Waals surface area (Å²) in [7, 11) is 3.70. The summed E-state index contributed by atoms with van der Waals surface area (Å²) in [5, 5.41) is 3.15. The number of ether oxygens (including phenoxy) is 1. The van der Waals surface area contributed by atoms with E-state index >= 15 is 0 Å². The van der Waals surface area contributed by atoms with Crippen LogP contribution in [-0.2, 0) is 14.3 Å². The summed E-state index contributed by atoms with van der Waals surface area (Å²) < 4.78 is 6.13. The summed E-state index contributed by atoms with van der Waals surface area (Å²) in [4.78, 5) is 48.9. The van der Waals surface area contributed by atoms with E-state index in [9.17, 15) is 14.4 Å². The Morgan fingerprint density at radius 3 is 2.81 bits per heavy atom. The van der Waals surface area contributed by atoms with Gasteiger partial charge in [-0.25, -0.2) is 4.98 Å². The third-order valence-corrected chi connectivity index (χ3v) is 7.81. The molecule has 3 amide bonds. The lowest BCUT2D eigenvalue weighted by atomic mass is 9.76. The molecule has 3 saturated heterocycles. The van der Waals surface area contributed by atoms with Crippen molar-refractivity contribution in [3.05, 3.63) is 36.0 Å². The van der Waals surface area contributed by atoms with Gasteiger partial charge in [-0.2, -0.15) is 0 Å². The zero-order valence-corrected chi connectivity index (χ0v) is 17.6. The Labute approximate surface area is 180 Å². The van der Waals surface area contributed by atoms with Gasteiger partial charge in [-0.15, -0.1) is 0 Å². The number of nitrogens with zero attached hydrogens (tertiary/aromatic N) is 4. The highest BCUT2D eigenvalue weighted by Crippen LogP contribution is 2.52. The molecule has 9 heteroatoms. The number of likely N-dealkylation sites (N-methyl/N-ethyl adjacent to an activating group) is 1. The van der Waals surface area contributed by atoms with Gasteiger partial charge < -0.3 is 24.8 Å². The SMILES string of the molecule is CN1C[C@@]23C=C[C@H](O2)[C@H](C(=O)N2CCC4(CC2)NC(=O)c2cccnc2N4C)[C@@H]3C1=O. The topological polar surface area (TPSA) is 95.1 Å². The molecule has 9 nitrogen and oxygen atoms in total. The van der Waals surface area contributed by atoms with E-state index in [0.717, 1.165) is 0 Å². The fourth-order valence-corrected chi connectivity index (χ4v) is 6.15. The first-order chi connectivity index (χ1) is 14.9. The molecule has 0 radical (unpaired) electrons. The smallest absolute Gasteiger partial charge is 0.256 e. The number of nitrogens with one attached hydrogen (secondary N) is 1. The molecule has 0 unspecified atom stereocenters. The fraction of sp³-hybridized carbons (Fsp3) is 0.545. The molecule has 5 aliphatic heterocycles. The average Bonchev–Trinajstić information content (AvgIpc) is 3.40. The van der Waals surface area contributed by atoms with Crippen LogP contribution in [0.4, 0.5) is 5.82 Å². The van der Waals surface area contributed by atoms with E-state index in [1.807, 2.05) is 29.0 Å². The van der Waals surface area contributed by atoms with Gasteiger partial charge in [0.25, 0.3) is 5.91 Å². The number of pyridine rings is 1. The van der Waals surface area contributed by atoms with Crippen molar-refractivity contribution in [1.82, 2.24) is 20.1 Å². The lowest BCUT2D eigenvalue weighted by molar-refractivity contribution is -0.144. The highest BCUT2D eigenvalue weighted by molar-refractivity contribution is 6.01. The van der Waals surface area contributed by atoms with Gasteiger partial charge in [0.2, 0.25) is 11.8 Å². The summed E-state index contributed by atoms with van der Waals surface area (Å²) in [5.74, 6) is -0.418. The minimum Gasteiger partial charge on any atom is -0.360 e. The Bertz CT molecular complexity index is 1030. The molecular formula is C22H25N5O4. The van der Waals surface area contributed by atoms with Crippen LogP contribution in [0.25, 0.3) is 0 Å². The van der Waals surface area contributed by atoms with Crippen LogP contribution < -0.4 is 10.2 Å². The van der Waals surface area contributed by atoms with E-state index in [4.69, 9.17) is 4.74 Å². The number of carbonyl (C=O) groups excluding carboxylic acids is 3. The molecule has 5 aliphatic rings. The molecule has 162 valence electrons. The van der Waals surface area contributed by atoms with Gasteiger partial charge in [0.15, 0.2) is 0 Å². The number of piperidine rings is 1. The number of aromatic nitrogens is 1. The minimum absolute atomic E-state index is 0.0133. The fourth-order valence-electron chi connectivity index (χ4n) is 6.15. The summed E-state index contributed by atoms with van der Waals surface area (Å²) in [6.45, 7) is 1.50. The van der Waals surface area contributed by atoms with E-state index in [2.05, 4.69) is 10.3 Å². The van der Waals surface area contributed by atoms with Crippen LogP contribution in [-0.4, -0.2) is 83.6 Å². The van der Waals surface area contributed by atoms with Crippen molar-refractivity contribution in [2.75, 3.05) is 38.6 Å². The third-order valence-electron chi connectivity index (χ3n) is 7.81. The number of carbonyl (C=O) groups is 3. The zero-order valence-electron chi connectivity index (χ0n) is 17.6. The van der Waals surface area contributed by atoms with Gasteiger partial charge in [-0.1, -0.05) is 12.2 Å². The molecule has 4 atom stereocenters. The van der Waals surface area contributed by atoms with Gasteiger partial charge in [0.05, 0.1) is 30.0 Å². The third kappa shape index (κ3) is 2.35. The van der Waals surface area contributed by atoms with Crippen molar-refractivity contribution >= 4 is 23.5 Å². The van der Waals surface area contributed by atoms with Crippen molar-refractivity contribution in [2.24, 2.45) is 11.8 Å². The van der Waals surface area contributed by atoms with Gasteiger partial charge in [-0.3, -0.25) is 14.4 Å². The number of fused-ring (bicyclic) bond motifs is 2. The van der Waals surface area contributed by atoms with Crippen LogP contribution in [0.2, 0.25) is 0 Å². The Kier molecular flexibility index (Phi) is 3.68. The Morgan fingerprint density at radius 1 is 1.26 bits per heavy atom. The molecule has 0 aliphatic carbocycles. The maximum atomic E-state index is 13.5. The number of anilines is 1. The summed E-state index contributed by atoms with van der Waals surface area (Å²) in [6, 6.07) is 3.53. The van der Waals surface area contributed by atoms with Crippen LogP contribution in [0.15, 0.2) is 30.5 Å². The maximum Gasteiger partial charge on any atom is 0.256 e. The lowest BCUT2D eigenvalue weighted by Gasteiger charge is -2.51. The molecule has 0 aromatic carbocycles. The minimum atomic E-state index is -0.652. The zero-order chi connectivity index (χ0) is 21.5. The van der Waals surface area contributed by atoms with Crippen molar-refractivity contribution in [2.45, 2.75) is 30.2 Å². The van der Waals surface area contributed by atoms with E-state index in [1.54, 1.807) is 30.3 Å². The van der Waals surface area contributed by atoms with Crippen LogP contribution in [0, 0.1) is 11.8 Å². The van der Waals surface area contributed by atoms with Gasteiger partial charge in [0, 0.05) is 46.2 Å². The maximum absolute atomic E-state index is 13.5. The first kappa shape index (κ1) is 18.8. The second-order valence-electron chi connectivity index (χ2n) is 9.34. The molecule has 2 spiro atoms. The van der Waals surface area contributed by atoms with E-state index in [-0.39, 0.29) is 23.8 Å². The molecule has 3 fully saturated rings.